The highest BCUT2D eigenvalue weighted by molar-refractivity contribution is 7.99. The van der Waals surface area contributed by atoms with Crippen molar-refractivity contribution < 1.29 is 9.90 Å². The molecule has 108 valence electrons. The average Bonchev–Trinajstić information content (AvgIpc) is 2.47. The van der Waals surface area contributed by atoms with Crippen LogP contribution in [0.15, 0.2) is 24.3 Å². The Labute approximate surface area is 124 Å². The summed E-state index contributed by atoms with van der Waals surface area (Å²) in [7, 11) is 0. The summed E-state index contributed by atoms with van der Waals surface area (Å²) in [6, 6.07) is 9.44. The molecule has 0 aromatic heterocycles. The number of amides is 1. The van der Waals surface area contributed by atoms with E-state index in [0.29, 0.717) is 30.7 Å². The van der Waals surface area contributed by atoms with E-state index in [2.05, 4.69) is 11.4 Å². The molecule has 0 aliphatic heterocycles. The molecular formula is C15H20N2O2S. The van der Waals surface area contributed by atoms with Crippen molar-refractivity contribution in [2.75, 3.05) is 12.3 Å². The molecule has 1 unspecified atom stereocenters. The zero-order chi connectivity index (χ0) is 14.8. The van der Waals surface area contributed by atoms with Gasteiger partial charge in [0.15, 0.2) is 0 Å². The van der Waals surface area contributed by atoms with E-state index in [4.69, 9.17) is 5.26 Å². The first kappa shape index (κ1) is 16.5. The first-order chi connectivity index (χ1) is 9.65. The third kappa shape index (κ3) is 6.60. The molecular weight excluding hydrogens is 272 g/mol. The number of aliphatic hydroxyl groups is 1. The van der Waals surface area contributed by atoms with Crippen LogP contribution in [0.4, 0.5) is 0 Å². The van der Waals surface area contributed by atoms with Crippen LogP contribution in [0.3, 0.4) is 0 Å². The molecule has 0 saturated heterocycles. The van der Waals surface area contributed by atoms with Crippen LogP contribution in [0.25, 0.3) is 0 Å². The third-order valence-corrected chi connectivity index (χ3v) is 3.86. The van der Waals surface area contributed by atoms with E-state index in [0.717, 1.165) is 11.3 Å². The standard InChI is InChI=1S/C15H20N2O2S/c1-2-14(18)7-8-17-15(19)11-20-10-13-5-3-12(9-16)4-6-13/h3-6,14,18H,2,7-8,10-11H2,1H3,(H,17,19). The minimum Gasteiger partial charge on any atom is -0.393 e. The minimum atomic E-state index is -0.332. The lowest BCUT2D eigenvalue weighted by Crippen LogP contribution is -2.28. The third-order valence-electron chi connectivity index (χ3n) is 2.86. The number of hydrogen-bond donors (Lipinski definition) is 2. The smallest absolute Gasteiger partial charge is 0.230 e. The summed E-state index contributed by atoms with van der Waals surface area (Å²) in [5, 5.41) is 20.8. The summed E-state index contributed by atoms with van der Waals surface area (Å²) in [5.41, 5.74) is 1.74. The van der Waals surface area contributed by atoms with Crippen LogP contribution in [-0.2, 0) is 10.5 Å². The normalized spacial score (nSPS) is 11.7. The van der Waals surface area contributed by atoms with E-state index in [1.165, 1.54) is 11.8 Å². The van der Waals surface area contributed by atoms with Crippen molar-refractivity contribution in [1.82, 2.24) is 5.32 Å². The van der Waals surface area contributed by atoms with E-state index in [9.17, 15) is 9.90 Å². The monoisotopic (exact) mass is 292 g/mol. The molecule has 20 heavy (non-hydrogen) atoms. The van der Waals surface area contributed by atoms with E-state index in [1.54, 1.807) is 12.1 Å². The number of hydrogen-bond acceptors (Lipinski definition) is 4. The lowest BCUT2D eigenvalue weighted by Gasteiger charge is -2.08. The molecule has 0 bridgehead atoms. The van der Waals surface area contributed by atoms with Crippen LogP contribution in [-0.4, -0.2) is 29.4 Å². The summed E-state index contributed by atoms with van der Waals surface area (Å²) in [5.74, 6) is 1.14. The van der Waals surface area contributed by atoms with Gasteiger partial charge in [-0.25, -0.2) is 0 Å². The molecule has 2 N–H and O–H groups in total. The number of rotatable bonds is 8. The molecule has 1 rings (SSSR count). The molecule has 1 aromatic carbocycles. The Balaban J connectivity index is 2.16. The van der Waals surface area contributed by atoms with E-state index in [-0.39, 0.29) is 12.0 Å². The van der Waals surface area contributed by atoms with Crippen LogP contribution in [0, 0.1) is 11.3 Å². The lowest BCUT2D eigenvalue weighted by molar-refractivity contribution is -0.118. The maximum atomic E-state index is 11.5. The van der Waals surface area contributed by atoms with Gasteiger partial charge in [0.2, 0.25) is 5.91 Å². The molecule has 0 radical (unpaired) electrons. The molecule has 0 heterocycles. The molecule has 0 fully saturated rings. The van der Waals surface area contributed by atoms with Gasteiger partial charge in [0.25, 0.3) is 0 Å². The number of nitriles is 1. The fourth-order valence-corrected chi connectivity index (χ4v) is 2.39. The van der Waals surface area contributed by atoms with E-state index in [1.807, 2.05) is 19.1 Å². The van der Waals surface area contributed by atoms with Gasteiger partial charge < -0.3 is 10.4 Å². The Hall–Kier alpha value is -1.51. The van der Waals surface area contributed by atoms with Crippen LogP contribution in [0.5, 0.6) is 0 Å². The Morgan fingerprint density at radius 3 is 2.75 bits per heavy atom. The molecule has 0 aliphatic rings. The summed E-state index contributed by atoms with van der Waals surface area (Å²) in [6.45, 7) is 2.44. The predicted molar refractivity (Wildman–Crippen MR) is 81.2 cm³/mol. The van der Waals surface area contributed by atoms with Crippen LogP contribution in [0.1, 0.15) is 30.9 Å². The topological polar surface area (TPSA) is 73.1 Å². The molecule has 0 aliphatic carbocycles. The largest absolute Gasteiger partial charge is 0.393 e. The van der Waals surface area contributed by atoms with Gasteiger partial charge in [-0.2, -0.15) is 5.26 Å². The van der Waals surface area contributed by atoms with Crippen molar-refractivity contribution in [3.63, 3.8) is 0 Å². The van der Waals surface area contributed by atoms with Gasteiger partial charge >= 0.3 is 0 Å². The molecule has 1 atom stereocenters. The summed E-state index contributed by atoms with van der Waals surface area (Å²) in [6.07, 6.45) is 0.980. The number of carbonyl (C=O) groups excluding carboxylic acids is 1. The van der Waals surface area contributed by atoms with Crippen molar-refractivity contribution in [2.45, 2.75) is 31.6 Å². The van der Waals surface area contributed by atoms with Gasteiger partial charge in [-0.3, -0.25) is 4.79 Å². The highest BCUT2D eigenvalue weighted by Gasteiger charge is 2.04. The average molecular weight is 292 g/mol. The molecule has 0 saturated carbocycles. The summed E-state index contributed by atoms with van der Waals surface area (Å²) in [4.78, 5) is 11.5. The second-order valence-electron chi connectivity index (χ2n) is 4.50. The molecule has 0 spiro atoms. The highest BCUT2D eigenvalue weighted by Crippen LogP contribution is 2.12. The number of thioether (sulfide) groups is 1. The maximum Gasteiger partial charge on any atom is 0.230 e. The predicted octanol–water partition coefficient (Wildman–Crippen LogP) is 2.07. The fraction of sp³-hybridized carbons (Fsp3) is 0.467. The molecule has 1 aromatic rings. The van der Waals surface area contributed by atoms with E-state index >= 15 is 0 Å². The van der Waals surface area contributed by atoms with Crippen molar-refractivity contribution in [2.24, 2.45) is 0 Å². The SMILES string of the molecule is CCC(O)CCNC(=O)CSCc1ccc(C#N)cc1. The minimum absolute atomic E-state index is 0.00746. The second-order valence-corrected chi connectivity index (χ2v) is 5.49. The van der Waals surface area contributed by atoms with Crippen molar-refractivity contribution >= 4 is 17.7 Å². The first-order valence-corrected chi connectivity index (χ1v) is 7.82. The van der Waals surface area contributed by atoms with Gasteiger partial charge in [-0.15, -0.1) is 11.8 Å². The van der Waals surface area contributed by atoms with Crippen LogP contribution >= 0.6 is 11.8 Å². The number of carbonyl (C=O) groups is 1. The van der Waals surface area contributed by atoms with Crippen LogP contribution in [0.2, 0.25) is 0 Å². The van der Waals surface area contributed by atoms with Crippen LogP contribution < -0.4 is 5.32 Å². The van der Waals surface area contributed by atoms with Crippen molar-refractivity contribution in [3.8, 4) is 6.07 Å². The molecule has 4 nitrogen and oxygen atoms in total. The Bertz CT molecular complexity index is 454. The molecule has 5 heteroatoms. The quantitative estimate of drug-likeness (QED) is 0.769. The lowest BCUT2D eigenvalue weighted by atomic mass is 10.2. The first-order valence-electron chi connectivity index (χ1n) is 6.67. The second kappa shape index (κ2) is 9.40. The Morgan fingerprint density at radius 1 is 1.45 bits per heavy atom. The summed E-state index contributed by atoms with van der Waals surface area (Å²) >= 11 is 1.54. The van der Waals surface area contributed by atoms with Gasteiger partial charge in [0.1, 0.15) is 0 Å². The van der Waals surface area contributed by atoms with Gasteiger partial charge in [0.05, 0.1) is 23.5 Å². The van der Waals surface area contributed by atoms with Crippen molar-refractivity contribution in [3.05, 3.63) is 35.4 Å². The number of benzene rings is 1. The zero-order valence-electron chi connectivity index (χ0n) is 11.6. The van der Waals surface area contributed by atoms with Gasteiger partial charge in [-0.1, -0.05) is 19.1 Å². The summed E-state index contributed by atoms with van der Waals surface area (Å²) < 4.78 is 0. The van der Waals surface area contributed by atoms with Gasteiger partial charge in [-0.05, 0) is 30.5 Å². The Kier molecular flexibility index (Phi) is 7.78. The maximum absolute atomic E-state index is 11.5. The highest BCUT2D eigenvalue weighted by atomic mass is 32.2. The van der Waals surface area contributed by atoms with E-state index < -0.39 is 0 Å². The van der Waals surface area contributed by atoms with Gasteiger partial charge in [0, 0.05) is 12.3 Å². The Morgan fingerprint density at radius 2 is 2.15 bits per heavy atom. The zero-order valence-corrected chi connectivity index (χ0v) is 12.4. The fourth-order valence-electron chi connectivity index (χ4n) is 1.57. The van der Waals surface area contributed by atoms with Crippen molar-refractivity contribution in [1.29, 1.82) is 5.26 Å². The number of nitrogens with zero attached hydrogens (tertiary/aromatic N) is 1. The molecule has 1 amide bonds. The number of aliphatic hydroxyl groups excluding tert-OH is 1. The number of nitrogens with one attached hydrogen (secondary N) is 1.